The van der Waals surface area contributed by atoms with Gasteiger partial charge in [0.2, 0.25) is 0 Å². The number of aliphatic hydroxyl groups is 1. The van der Waals surface area contributed by atoms with Crippen LogP contribution < -0.4 is 5.73 Å². The summed E-state index contributed by atoms with van der Waals surface area (Å²) in [6.45, 7) is 0.436. The zero-order chi connectivity index (χ0) is 9.40. The fraction of sp³-hybridized carbons (Fsp3) is 0.857. The quantitative estimate of drug-likeness (QED) is 0.397. The number of nitrogens with two attached hydrogens (primary N) is 1. The lowest BCUT2D eigenvalue weighted by molar-refractivity contribution is -0.146. The fourth-order valence-electron chi connectivity index (χ4n) is 0.558. The number of aliphatic hydroxyl groups excluding tert-OH is 1. The molecule has 0 aromatic carbocycles. The molecule has 0 aliphatic heterocycles. The van der Waals surface area contributed by atoms with Crippen molar-refractivity contribution in [3.05, 3.63) is 0 Å². The van der Waals surface area contributed by atoms with Gasteiger partial charge in [-0.15, -0.1) is 0 Å². The predicted molar refractivity (Wildman–Crippen MR) is 42.5 cm³/mol. The molecular weight excluding hydrogens is 162 g/mol. The van der Waals surface area contributed by atoms with Crippen molar-refractivity contribution in [1.82, 2.24) is 0 Å². The molecule has 12 heavy (non-hydrogen) atoms. The minimum absolute atomic E-state index is 0.278. The van der Waals surface area contributed by atoms with Crippen LogP contribution >= 0.6 is 0 Å². The van der Waals surface area contributed by atoms with Crippen molar-refractivity contribution in [2.24, 2.45) is 5.73 Å². The molecule has 0 heterocycles. The second kappa shape index (κ2) is 7.02. The Labute approximate surface area is 71.5 Å². The standard InChI is InChI=1S/C7H15NO4/c1-11-3-2-4-12-7(10)6(8)5-9/h6,9H,2-5,8H2,1H3/t6-/m0/s1. The first-order valence-electron chi connectivity index (χ1n) is 3.74. The highest BCUT2D eigenvalue weighted by molar-refractivity contribution is 5.75. The molecule has 3 N–H and O–H groups in total. The zero-order valence-electron chi connectivity index (χ0n) is 7.16. The van der Waals surface area contributed by atoms with Crippen LogP contribution in [0.25, 0.3) is 0 Å². The van der Waals surface area contributed by atoms with E-state index in [4.69, 9.17) is 20.3 Å². The van der Waals surface area contributed by atoms with Gasteiger partial charge in [-0.3, -0.25) is 4.79 Å². The number of carbonyl (C=O) groups is 1. The molecule has 0 unspecified atom stereocenters. The summed E-state index contributed by atoms with van der Waals surface area (Å²) in [6.07, 6.45) is 0.639. The molecule has 0 aromatic rings. The summed E-state index contributed by atoms with van der Waals surface area (Å²) in [4.78, 5) is 10.8. The van der Waals surface area contributed by atoms with Gasteiger partial charge in [0, 0.05) is 20.1 Å². The highest BCUT2D eigenvalue weighted by atomic mass is 16.5. The normalized spacial score (nSPS) is 12.6. The minimum atomic E-state index is -0.924. The van der Waals surface area contributed by atoms with Crippen LogP contribution in [-0.4, -0.2) is 44.0 Å². The zero-order valence-corrected chi connectivity index (χ0v) is 7.16. The van der Waals surface area contributed by atoms with Gasteiger partial charge >= 0.3 is 5.97 Å². The van der Waals surface area contributed by atoms with E-state index in [0.717, 1.165) is 0 Å². The summed E-state index contributed by atoms with van der Waals surface area (Å²) in [5.41, 5.74) is 5.18. The molecule has 5 heteroatoms. The molecule has 1 atom stereocenters. The number of methoxy groups -OCH3 is 1. The van der Waals surface area contributed by atoms with Gasteiger partial charge in [0.1, 0.15) is 6.04 Å². The summed E-state index contributed by atoms with van der Waals surface area (Å²) in [5, 5.41) is 8.46. The largest absolute Gasteiger partial charge is 0.464 e. The average molecular weight is 177 g/mol. The maximum atomic E-state index is 10.8. The van der Waals surface area contributed by atoms with E-state index in [-0.39, 0.29) is 13.2 Å². The summed E-state index contributed by atoms with van der Waals surface area (Å²) >= 11 is 0. The van der Waals surface area contributed by atoms with Gasteiger partial charge in [-0.05, 0) is 0 Å². The lowest BCUT2D eigenvalue weighted by Gasteiger charge is -2.07. The Balaban J connectivity index is 3.31. The second-order valence-corrected chi connectivity index (χ2v) is 2.30. The third-order valence-corrected chi connectivity index (χ3v) is 1.24. The number of hydrogen-bond donors (Lipinski definition) is 2. The Kier molecular flexibility index (Phi) is 6.64. The predicted octanol–water partition coefficient (Wildman–Crippen LogP) is -1.11. The molecule has 0 aromatic heterocycles. The van der Waals surface area contributed by atoms with Crippen LogP contribution in [0.5, 0.6) is 0 Å². The van der Waals surface area contributed by atoms with Gasteiger partial charge in [0.15, 0.2) is 0 Å². The molecular formula is C7H15NO4. The third-order valence-electron chi connectivity index (χ3n) is 1.24. The number of esters is 1. The van der Waals surface area contributed by atoms with Gasteiger partial charge in [-0.2, -0.15) is 0 Å². The highest BCUT2D eigenvalue weighted by Crippen LogP contribution is 1.88. The van der Waals surface area contributed by atoms with Crippen molar-refractivity contribution < 1.29 is 19.4 Å². The van der Waals surface area contributed by atoms with Gasteiger partial charge in [0.05, 0.1) is 13.2 Å². The van der Waals surface area contributed by atoms with Gasteiger partial charge in [-0.1, -0.05) is 0 Å². The molecule has 0 rings (SSSR count). The third kappa shape index (κ3) is 5.06. The minimum Gasteiger partial charge on any atom is -0.464 e. The van der Waals surface area contributed by atoms with E-state index >= 15 is 0 Å². The first-order valence-corrected chi connectivity index (χ1v) is 3.74. The molecule has 0 radical (unpaired) electrons. The number of hydrogen-bond acceptors (Lipinski definition) is 5. The van der Waals surface area contributed by atoms with Crippen LogP contribution in [-0.2, 0) is 14.3 Å². The monoisotopic (exact) mass is 177 g/mol. The van der Waals surface area contributed by atoms with Gasteiger partial charge < -0.3 is 20.3 Å². The first kappa shape index (κ1) is 11.4. The summed E-state index contributed by atoms with van der Waals surface area (Å²) in [5.74, 6) is -0.575. The van der Waals surface area contributed by atoms with E-state index < -0.39 is 12.0 Å². The summed E-state index contributed by atoms with van der Waals surface area (Å²) < 4.78 is 9.43. The Bertz CT molecular complexity index is 129. The van der Waals surface area contributed by atoms with Gasteiger partial charge in [0.25, 0.3) is 0 Å². The summed E-state index contributed by atoms with van der Waals surface area (Å²) in [6, 6.07) is -0.924. The molecule has 0 spiro atoms. The van der Waals surface area contributed by atoms with Crippen molar-refractivity contribution in [2.75, 3.05) is 26.9 Å². The van der Waals surface area contributed by atoms with Crippen molar-refractivity contribution in [3.8, 4) is 0 Å². The molecule has 0 aliphatic carbocycles. The lowest BCUT2D eigenvalue weighted by atomic mass is 10.3. The molecule has 0 bridgehead atoms. The molecule has 5 nitrogen and oxygen atoms in total. The Morgan fingerprint density at radius 3 is 2.75 bits per heavy atom. The van der Waals surface area contributed by atoms with E-state index in [1.165, 1.54) is 0 Å². The molecule has 0 saturated heterocycles. The van der Waals surface area contributed by atoms with Crippen LogP contribution in [0.4, 0.5) is 0 Å². The average Bonchev–Trinajstić information content (AvgIpc) is 2.10. The molecule has 0 fully saturated rings. The maximum absolute atomic E-state index is 10.8. The van der Waals surface area contributed by atoms with Crippen LogP contribution in [0.2, 0.25) is 0 Å². The van der Waals surface area contributed by atoms with E-state index in [0.29, 0.717) is 13.0 Å². The van der Waals surface area contributed by atoms with Crippen LogP contribution in [0.1, 0.15) is 6.42 Å². The van der Waals surface area contributed by atoms with Gasteiger partial charge in [-0.25, -0.2) is 0 Å². The highest BCUT2D eigenvalue weighted by Gasteiger charge is 2.12. The van der Waals surface area contributed by atoms with E-state index in [1.54, 1.807) is 7.11 Å². The lowest BCUT2D eigenvalue weighted by Crippen LogP contribution is -2.35. The van der Waals surface area contributed by atoms with E-state index in [1.807, 2.05) is 0 Å². The first-order chi connectivity index (χ1) is 5.72. The van der Waals surface area contributed by atoms with Crippen molar-refractivity contribution in [2.45, 2.75) is 12.5 Å². The maximum Gasteiger partial charge on any atom is 0.325 e. The van der Waals surface area contributed by atoms with Crippen molar-refractivity contribution >= 4 is 5.97 Å². The van der Waals surface area contributed by atoms with Crippen LogP contribution in [0.15, 0.2) is 0 Å². The molecule has 72 valence electrons. The molecule has 0 saturated carbocycles. The fourth-order valence-corrected chi connectivity index (χ4v) is 0.558. The Hall–Kier alpha value is -0.650. The molecule has 0 amide bonds. The van der Waals surface area contributed by atoms with E-state index in [9.17, 15) is 4.79 Å². The Morgan fingerprint density at radius 1 is 1.58 bits per heavy atom. The van der Waals surface area contributed by atoms with Crippen LogP contribution in [0.3, 0.4) is 0 Å². The van der Waals surface area contributed by atoms with Crippen molar-refractivity contribution in [3.63, 3.8) is 0 Å². The number of rotatable bonds is 6. The second-order valence-electron chi connectivity index (χ2n) is 2.30. The van der Waals surface area contributed by atoms with Crippen molar-refractivity contribution in [1.29, 1.82) is 0 Å². The molecule has 0 aliphatic rings. The topological polar surface area (TPSA) is 81.8 Å². The number of carbonyl (C=O) groups excluding carboxylic acids is 1. The smallest absolute Gasteiger partial charge is 0.325 e. The van der Waals surface area contributed by atoms with E-state index in [2.05, 4.69) is 0 Å². The Morgan fingerprint density at radius 2 is 2.25 bits per heavy atom. The SMILES string of the molecule is COCCCOC(=O)[C@@H](N)CO. The van der Waals surface area contributed by atoms with Crippen LogP contribution in [0, 0.1) is 0 Å². The summed E-state index contributed by atoms with van der Waals surface area (Å²) in [7, 11) is 1.57. The number of ether oxygens (including phenoxy) is 2.